The van der Waals surface area contributed by atoms with Crippen LogP contribution >= 0.6 is 0 Å². The van der Waals surface area contributed by atoms with Crippen molar-refractivity contribution in [2.24, 2.45) is 0 Å². The summed E-state index contributed by atoms with van der Waals surface area (Å²) >= 11 is 0. The van der Waals surface area contributed by atoms with Crippen LogP contribution in [0, 0.1) is 0 Å². The van der Waals surface area contributed by atoms with E-state index in [1.165, 1.54) is 0 Å². The summed E-state index contributed by atoms with van der Waals surface area (Å²) in [5, 5.41) is 20.0. The molecule has 0 radical (unpaired) electrons. The van der Waals surface area contributed by atoms with Crippen molar-refractivity contribution in [3.05, 3.63) is 24.3 Å². The molecular formula is C9H12N2O3. The third-order valence-corrected chi connectivity index (χ3v) is 1.73. The fourth-order valence-corrected chi connectivity index (χ4v) is 0.966. The summed E-state index contributed by atoms with van der Waals surface area (Å²) in [6, 6.07) is 5.62. The van der Waals surface area contributed by atoms with Crippen molar-refractivity contribution in [2.75, 3.05) is 17.7 Å². The molecule has 0 heterocycles. The third kappa shape index (κ3) is 2.63. The molecule has 1 atom stereocenters. The van der Waals surface area contributed by atoms with Crippen LogP contribution in [-0.4, -0.2) is 28.8 Å². The highest BCUT2D eigenvalue weighted by Crippen LogP contribution is 2.11. The lowest BCUT2D eigenvalue weighted by Crippen LogP contribution is -2.32. The number of nitrogens with two attached hydrogens (primary N) is 1. The smallest absolute Gasteiger partial charge is 0.328 e. The molecule has 0 spiro atoms. The Labute approximate surface area is 81.2 Å². The molecule has 0 saturated heterocycles. The van der Waals surface area contributed by atoms with E-state index in [0.29, 0.717) is 11.4 Å². The van der Waals surface area contributed by atoms with E-state index < -0.39 is 18.6 Å². The number of aliphatic carboxylic acids is 1. The number of hydrogen-bond acceptors (Lipinski definition) is 4. The number of nitrogen functional groups attached to an aromatic ring is 1. The molecule has 0 fully saturated rings. The van der Waals surface area contributed by atoms with Crippen LogP contribution in [0.5, 0.6) is 0 Å². The van der Waals surface area contributed by atoms with Gasteiger partial charge < -0.3 is 21.3 Å². The molecule has 0 aliphatic carbocycles. The number of anilines is 2. The Morgan fingerprint density at radius 2 is 2.00 bits per heavy atom. The molecule has 5 heteroatoms. The first-order valence-corrected chi connectivity index (χ1v) is 4.09. The van der Waals surface area contributed by atoms with Gasteiger partial charge in [-0.2, -0.15) is 0 Å². The number of rotatable bonds is 4. The standard InChI is InChI=1S/C9H12N2O3/c10-6-1-3-7(4-2-6)11-8(5-12)9(13)14/h1-4,8,11-12H,5,10H2,(H,13,14). The zero-order valence-electron chi connectivity index (χ0n) is 7.47. The summed E-state index contributed by atoms with van der Waals surface area (Å²) in [5.74, 6) is -1.09. The maximum atomic E-state index is 10.6. The predicted molar refractivity (Wildman–Crippen MR) is 53.0 cm³/mol. The highest BCUT2D eigenvalue weighted by Gasteiger charge is 2.14. The zero-order chi connectivity index (χ0) is 10.6. The van der Waals surface area contributed by atoms with E-state index in [1.807, 2.05) is 0 Å². The van der Waals surface area contributed by atoms with Gasteiger partial charge >= 0.3 is 5.97 Å². The van der Waals surface area contributed by atoms with Gasteiger partial charge in [0.1, 0.15) is 6.04 Å². The molecule has 1 aromatic carbocycles. The number of aliphatic hydroxyl groups is 1. The van der Waals surface area contributed by atoms with Gasteiger partial charge in [-0.15, -0.1) is 0 Å². The van der Waals surface area contributed by atoms with Crippen LogP contribution < -0.4 is 11.1 Å². The van der Waals surface area contributed by atoms with Gasteiger partial charge in [0.25, 0.3) is 0 Å². The fraction of sp³-hybridized carbons (Fsp3) is 0.222. The monoisotopic (exact) mass is 196 g/mol. The molecule has 76 valence electrons. The van der Waals surface area contributed by atoms with Gasteiger partial charge in [0.05, 0.1) is 6.61 Å². The van der Waals surface area contributed by atoms with Gasteiger partial charge in [0, 0.05) is 11.4 Å². The van der Waals surface area contributed by atoms with Crippen molar-refractivity contribution in [1.82, 2.24) is 0 Å². The molecule has 0 aromatic heterocycles. The third-order valence-electron chi connectivity index (χ3n) is 1.73. The van der Waals surface area contributed by atoms with E-state index >= 15 is 0 Å². The van der Waals surface area contributed by atoms with E-state index in [-0.39, 0.29) is 0 Å². The van der Waals surface area contributed by atoms with Gasteiger partial charge in [-0.3, -0.25) is 0 Å². The van der Waals surface area contributed by atoms with Gasteiger partial charge in [0.15, 0.2) is 0 Å². The van der Waals surface area contributed by atoms with Crippen molar-refractivity contribution in [3.63, 3.8) is 0 Å². The molecular weight excluding hydrogens is 184 g/mol. The molecule has 1 unspecified atom stereocenters. The van der Waals surface area contributed by atoms with Crippen molar-refractivity contribution >= 4 is 17.3 Å². The van der Waals surface area contributed by atoms with Crippen molar-refractivity contribution in [3.8, 4) is 0 Å². The number of carbonyl (C=O) groups is 1. The second-order valence-corrected chi connectivity index (χ2v) is 2.84. The van der Waals surface area contributed by atoms with Gasteiger partial charge in [-0.25, -0.2) is 4.79 Å². The SMILES string of the molecule is Nc1ccc(NC(CO)C(=O)O)cc1. The molecule has 5 N–H and O–H groups in total. The van der Waals surface area contributed by atoms with Crippen LogP contribution in [0.4, 0.5) is 11.4 Å². The van der Waals surface area contributed by atoms with Crippen molar-refractivity contribution in [2.45, 2.75) is 6.04 Å². The first kappa shape index (κ1) is 10.3. The van der Waals surface area contributed by atoms with Crippen LogP contribution in [0.2, 0.25) is 0 Å². The fourth-order valence-electron chi connectivity index (χ4n) is 0.966. The molecule has 0 aliphatic rings. The molecule has 14 heavy (non-hydrogen) atoms. The molecule has 0 bridgehead atoms. The molecule has 0 aliphatic heterocycles. The number of carboxylic acid groups (broad SMARTS) is 1. The average Bonchev–Trinajstić information content (AvgIpc) is 2.16. The van der Waals surface area contributed by atoms with Crippen LogP contribution in [0.25, 0.3) is 0 Å². The van der Waals surface area contributed by atoms with E-state index in [0.717, 1.165) is 0 Å². The zero-order valence-corrected chi connectivity index (χ0v) is 7.47. The van der Waals surface area contributed by atoms with Crippen LogP contribution in [-0.2, 0) is 4.79 Å². The highest BCUT2D eigenvalue weighted by atomic mass is 16.4. The largest absolute Gasteiger partial charge is 0.480 e. The Morgan fingerprint density at radius 3 is 2.43 bits per heavy atom. The first-order chi connectivity index (χ1) is 6.63. The quantitative estimate of drug-likeness (QED) is 0.513. The Hall–Kier alpha value is -1.75. The molecule has 0 saturated carbocycles. The number of nitrogens with one attached hydrogen (secondary N) is 1. The van der Waals surface area contributed by atoms with E-state index in [9.17, 15) is 4.79 Å². The van der Waals surface area contributed by atoms with E-state index in [1.54, 1.807) is 24.3 Å². The van der Waals surface area contributed by atoms with Crippen molar-refractivity contribution in [1.29, 1.82) is 0 Å². The maximum absolute atomic E-state index is 10.6. The average molecular weight is 196 g/mol. The Kier molecular flexibility index (Phi) is 3.30. The Morgan fingerprint density at radius 1 is 1.43 bits per heavy atom. The molecule has 0 amide bonds. The number of hydrogen-bond donors (Lipinski definition) is 4. The highest BCUT2D eigenvalue weighted by molar-refractivity contribution is 5.77. The number of benzene rings is 1. The topological polar surface area (TPSA) is 95.6 Å². The lowest BCUT2D eigenvalue weighted by Gasteiger charge is -2.12. The summed E-state index contributed by atoms with van der Waals surface area (Å²) in [6.45, 7) is -0.459. The van der Waals surface area contributed by atoms with Gasteiger partial charge in [-0.1, -0.05) is 0 Å². The molecule has 1 rings (SSSR count). The first-order valence-electron chi connectivity index (χ1n) is 4.09. The van der Waals surface area contributed by atoms with Gasteiger partial charge in [0.2, 0.25) is 0 Å². The minimum atomic E-state index is -1.09. The Balaban J connectivity index is 2.67. The second kappa shape index (κ2) is 4.48. The minimum Gasteiger partial charge on any atom is -0.480 e. The number of aliphatic hydroxyl groups excluding tert-OH is 1. The second-order valence-electron chi connectivity index (χ2n) is 2.84. The number of carboxylic acids is 1. The van der Waals surface area contributed by atoms with Crippen LogP contribution in [0.15, 0.2) is 24.3 Å². The maximum Gasteiger partial charge on any atom is 0.328 e. The molecule has 1 aromatic rings. The summed E-state index contributed by atoms with van der Waals surface area (Å²) in [6.07, 6.45) is 0. The lowest BCUT2D eigenvalue weighted by atomic mass is 10.2. The van der Waals surface area contributed by atoms with Crippen LogP contribution in [0.3, 0.4) is 0 Å². The molecule has 5 nitrogen and oxygen atoms in total. The summed E-state index contributed by atoms with van der Waals surface area (Å²) in [4.78, 5) is 10.6. The van der Waals surface area contributed by atoms with E-state index in [2.05, 4.69) is 5.32 Å². The summed E-state index contributed by atoms with van der Waals surface area (Å²) in [5.41, 5.74) is 6.67. The minimum absolute atomic E-state index is 0.459. The van der Waals surface area contributed by atoms with Crippen molar-refractivity contribution < 1.29 is 15.0 Å². The van der Waals surface area contributed by atoms with E-state index in [4.69, 9.17) is 15.9 Å². The predicted octanol–water partition coefficient (Wildman–Crippen LogP) is 0.126. The van der Waals surface area contributed by atoms with Gasteiger partial charge in [-0.05, 0) is 24.3 Å². The normalized spacial score (nSPS) is 12.1. The Bertz CT molecular complexity index is 310. The summed E-state index contributed by atoms with van der Waals surface area (Å²) in [7, 11) is 0. The lowest BCUT2D eigenvalue weighted by molar-refractivity contribution is -0.138. The summed E-state index contributed by atoms with van der Waals surface area (Å²) < 4.78 is 0. The van der Waals surface area contributed by atoms with Crippen LogP contribution in [0.1, 0.15) is 0 Å².